The summed E-state index contributed by atoms with van der Waals surface area (Å²) in [5.41, 5.74) is 1.06. The van der Waals surface area contributed by atoms with Crippen LogP contribution in [0.15, 0.2) is 77.7 Å². The molecule has 0 saturated heterocycles. The highest BCUT2D eigenvalue weighted by Gasteiger charge is 2.33. The fourth-order valence-electron chi connectivity index (χ4n) is 5.17. The zero-order chi connectivity index (χ0) is 31.0. The molecular weight excluding hydrogens is 590 g/mol. The first-order valence-corrected chi connectivity index (χ1v) is 16.1. The molecule has 1 aliphatic carbocycles. The van der Waals surface area contributed by atoms with Gasteiger partial charge in [-0.2, -0.15) is 0 Å². The predicted octanol–water partition coefficient (Wildman–Crippen LogP) is 5.42. The van der Waals surface area contributed by atoms with Gasteiger partial charge in [0.1, 0.15) is 12.6 Å². The lowest BCUT2D eigenvalue weighted by Gasteiger charge is -2.33. The molecular formula is C32H38ClN3O6S. The van der Waals surface area contributed by atoms with Gasteiger partial charge in [0.25, 0.3) is 10.0 Å². The Morgan fingerprint density at radius 2 is 1.58 bits per heavy atom. The van der Waals surface area contributed by atoms with E-state index in [-0.39, 0.29) is 34.8 Å². The minimum absolute atomic E-state index is 0.0633. The van der Waals surface area contributed by atoms with Gasteiger partial charge in [-0.1, -0.05) is 61.2 Å². The third-order valence-corrected chi connectivity index (χ3v) is 9.67. The topological polar surface area (TPSA) is 105 Å². The van der Waals surface area contributed by atoms with E-state index in [0.29, 0.717) is 10.8 Å². The number of ether oxygens (including phenoxy) is 2. The number of sulfonamides is 1. The van der Waals surface area contributed by atoms with Gasteiger partial charge in [-0.25, -0.2) is 8.42 Å². The lowest BCUT2D eigenvalue weighted by Crippen LogP contribution is -2.53. The number of hydrogen-bond donors (Lipinski definition) is 1. The maximum Gasteiger partial charge on any atom is 0.264 e. The van der Waals surface area contributed by atoms with Crippen molar-refractivity contribution in [2.45, 2.75) is 62.6 Å². The summed E-state index contributed by atoms with van der Waals surface area (Å²) < 4.78 is 39.9. The molecule has 1 aliphatic rings. The van der Waals surface area contributed by atoms with E-state index in [1.165, 1.54) is 49.5 Å². The van der Waals surface area contributed by atoms with E-state index < -0.39 is 28.5 Å². The van der Waals surface area contributed by atoms with Crippen molar-refractivity contribution in [3.05, 3.63) is 83.4 Å². The summed E-state index contributed by atoms with van der Waals surface area (Å²) in [5, 5.41) is 3.52. The molecule has 0 aliphatic heterocycles. The predicted molar refractivity (Wildman–Crippen MR) is 167 cm³/mol. The Balaban J connectivity index is 1.69. The van der Waals surface area contributed by atoms with Crippen LogP contribution < -0.4 is 19.1 Å². The van der Waals surface area contributed by atoms with E-state index >= 15 is 0 Å². The van der Waals surface area contributed by atoms with Crippen LogP contribution in [0.25, 0.3) is 0 Å². The van der Waals surface area contributed by atoms with Gasteiger partial charge < -0.3 is 19.7 Å². The fraction of sp³-hybridized carbons (Fsp3) is 0.375. The first-order valence-electron chi connectivity index (χ1n) is 14.3. The van der Waals surface area contributed by atoms with Gasteiger partial charge in [0.15, 0.2) is 11.5 Å². The molecule has 0 bridgehead atoms. The molecule has 9 nitrogen and oxygen atoms in total. The molecule has 0 spiro atoms. The van der Waals surface area contributed by atoms with Crippen molar-refractivity contribution in [3.63, 3.8) is 0 Å². The number of nitrogens with zero attached hydrogens (tertiary/aromatic N) is 2. The number of methoxy groups -OCH3 is 2. The van der Waals surface area contributed by atoms with Crippen LogP contribution in [0.5, 0.6) is 11.5 Å². The first kappa shape index (κ1) is 32.2. The summed E-state index contributed by atoms with van der Waals surface area (Å²) >= 11 is 6.11. The molecule has 0 aromatic heterocycles. The molecule has 1 fully saturated rings. The zero-order valence-electron chi connectivity index (χ0n) is 24.7. The van der Waals surface area contributed by atoms with Gasteiger partial charge in [-0.3, -0.25) is 13.9 Å². The van der Waals surface area contributed by atoms with Gasteiger partial charge in [-0.15, -0.1) is 0 Å². The van der Waals surface area contributed by atoms with E-state index in [9.17, 15) is 18.0 Å². The Bertz CT molecular complexity index is 1500. The van der Waals surface area contributed by atoms with Crippen LogP contribution in [0.1, 0.15) is 44.6 Å². The van der Waals surface area contributed by atoms with Crippen LogP contribution >= 0.6 is 11.6 Å². The van der Waals surface area contributed by atoms with Crippen LogP contribution in [0, 0.1) is 0 Å². The number of rotatable bonds is 12. The van der Waals surface area contributed by atoms with Crippen molar-refractivity contribution in [1.82, 2.24) is 10.2 Å². The lowest BCUT2D eigenvalue weighted by molar-refractivity contribution is -0.139. The van der Waals surface area contributed by atoms with Crippen LogP contribution in [-0.4, -0.2) is 58.0 Å². The largest absolute Gasteiger partial charge is 0.493 e. The molecule has 1 N–H and O–H groups in total. The minimum atomic E-state index is -4.29. The molecule has 0 unspecified atom stereocenters. The van der Waals surface area contributed by atoms with Crippen molar-refractivity contribution in [2.75, 3.05) is 25.1 Å². The van der Waals surface area contributed by atoms with Gasteiger partial charge >= 0.3 is 0 Å². The molecule has 1 atom stereocenters. The smallest absolute Gasteiger partial charge is 0.264 e. The molecule has 43 heavy (non-hydrogen) atoms. The third-order valence-electron chi connectivity index (χ3n) is 7.65. The molecule has 0 heterocycles. The minimum Gasteiger partial charge on any atom is -0.493 e. The second-order valence-electron chi connectivity index (χ2n) is 10.5. The van der Waals surface area contributed by atoms with Crippen molar-refractivity contribution >= 4 is 39.1 Å². The van der Waals surface area contributed by atoms with Crippen molar-refractivity contribution < 1.29 is 27.5 Å². The number of benzene rings is 3. The second-order valence-corrected chi connectivity index (χ2v) is 12.8. The van der Waals surface area contributed by atoms with Crippen LogP contribution in [0.4, 0.5) is 5.69 Å². The second kappa shape index (κ2) is 14.6. The summed E-state index contributed by atoms with van der Waals surface area (Å²) in [6.45, 7) is 1.25. The van der Waals surface area contributed by atoms with Gasteiger partial charge in [-0.05, 0) is 61.7 Å². The Hall–Kier alpha value is -3.76. The summed E-state index contributed by atoms with van der Waals surface area (Å²) in [6.07, 6.45) is 5.06. The Morgan fingerprint density at radius 1 is 0.930 bits per heavy atom. The Labute approximate surface area is 258 Å². The number of anilines is 1. The third kappa shape index (κ3) is 8.00. The lowest BCUT2D eigenvalue weighted by atomic mass is 9.95. The van der Waals surface area contributed by atoms with E-state index in [0.717, 1.165) is 42.0 Å². The number of amides is 2. The summed E-state index contributed by atoms with van der Waals surface area (Å²) in [4.78, 5) is 28.9. The number of hydrogen-bond acceptors (Lipinski definition) is 6. The Kier molecular flexibility index (Phi) is 10.9. The maximum absolute atomic E-state index is 14.1. The van der Waals surface area contributed by atoms with E-state index in [4.69, 9.17) is 21.1 Å². The number of nitrogens with one attached hydrogen (secondary N) is 1. The summed E-state index contributed by atoms with van der Waals surface area (Å²) in [5.74, 6) is -0.210. The standard InChI is InChI=1S/C32H38ClN3O6S/c1-23(32(38)34-26-12-8-5-9-13-26)35(21-24-10-6-4-7-11-24)31(37)22-36(27-16-14-25(33)15-17-27)43(39,40)28-18-19-29(41-2)30(20-28)42-3/h4,6-7,10-11,14-20,23,26H,5,8-9,12-13,21-22H2,1-3H3,(H,34,38)/t23-/m1/s1. The number of carbonyl (C=O) groups is 2. The SMILES string of the molecule is COc1ccc(S(=O)(=O)N(CC(=O)N(Cc2ccccc2)[C@H](C)C(=O)NC2CCCCC2)c2ccc(Cl)cc2)cc1OC. The molecule has 4 rings (SSSR count). The highest BCUT2D eigenvalue weighted by molar-refractivity contribution is 7.92. The van der Waals surface area contributed by atoms with E-state index in [1.807, 2.05) is 30.3 Å². The van der Waals surface area contributed by atoms with Gasteiger partial charge in [0, 0.05) is 23.7 Å². The van der Waals surface area contributed by atoms with Gasteiger partial charge in [0.05, 0.1) is 24.8 Å². The van der Waals surface area contributed by atoms with Crippen LogP contribution in [0.2, 0.25) is 5.02 Å². The highest BCUT2D eigenvalue weighted by atomic mass is 35.5. The van der Waals surface area contributed by atoms with Crippen molar-refractivity contribution in [2.24, 2.45) is 0 Å². The van der Waals surface area contributed by atoms with Gasteiger partial charge in [0.2, 0.25) is 11.8 Å². The number of carbonyl (C=O) groups excluding carboxylic acids is 2. The molecule has 11 heteroatoms. The molecule has 2 amide bonds. The average Bonchev–Trinajstić information content (AvgIpc) is 3.03. The molecule has 3 aromatic rings. The molecule has 230 valence electrons. The molecule has 1 saturated carbocycles. The molecule has 0 radical (unpaired) electrons. The van der Waals surface area contributed by atoms with E-state index in [2.05, 4.69) is 5.32 Å². The van der Waals surface area contributed by atoms with E-state index in [1.54, 1.807) is 19.1 Å². The summed E-state index contributed by atoms with van der Waals surface area (Å²) in [7, 11) is -1.42. The normalized spacial score (nSPS) is 14.4. The average molecular weight is 628 g/mol. The number of halogens is 1. The molecule has 3 aromatic carbocycles. The Morgan fingerprint density at radius 3 is 2.21 bits per heavy atom. The van der Waals surface area contributed by atoms with Crippen LogP contribution in [-0.2, 0) is 26.2 Å². The summed E-state index contributed by atoms with van der Waals surface area (Å²) in [6, 6.07) is 18.9. The van der Waals surface area contributed by atoms with Crippen molar-refractivity contribution in [3.8, 4) is 11.5 Å². The maximum atomic E-state index is 14.1. The first-order chi connectivity index (χ1) is 20.6. The van der Waals surface area contributed by atoms with Crippen molar-refractivity contribution in [1.29, 1.82) is 0 Å². The zero-order valence-corrected chi connectivity index (χ0v) is 26.2. The fourth-order valence-corrected chi connectivity index (χ4v) is 6.73. The highest BCUT2D eigenvalue weighted by Crippen LogP contribution is 2.33. The quantitative estimate of drug-likeness (QED) is 0.288. The monoisotopic (exact) mass is 627 g/mol. The van der Waals surface area contributed by atoms with Crippen LogP contribution in [0.3, 0.4) is 0 Å².